The third kappa shape index (κ3) is 5.03. The van der Waals surface area contributed by atoms with Crippen molar-refractivity contribution in [3.05, 3.63) is 194 Å². The molecule has 0 spiro atoms. The zero-order valence-electron chi connectivity index (χ0n) is 33.6. The fourth-order valence-corrected chi connectivity index (χ4v) is 9.94. The van der Waals surface area contributed by atoms with Gasteiger partial charge in [0.1, 0.15) is 22.3 Å². The smallest absolute Gasteiger partial charge is 0.238 e. The van der Waals surface area contributed by atoms with E-state index in [0.29, 0.717) is 17.6 Å². The second kappa shape index (κ2) is 12.9. The molecule has 0 N–H and O–H groups in total. The van der Waals surface area contributed by atoms with Crippen LogP contribution in [0.5, 0.6) is 0 Å². The summed E-state index contributed by atoms with van der Waals surface area (Å²) in [6.07, 6.45) is 0. The van der Waals surface area contributed by atoms with Crippen molar-refractivity contribution in [1.29, 1.82) is 0 Å². The summed E-state index contributed by atoms with van der Waals surface area (Å²) in [6.45, 7) is 0. The Labute approximate surface area is 358 Å². The predicted octanol–water partition coefficient (Wildman–Crippen LogP) is 15.2. The molecule has 10 aromatic carbocycles. The molecular weight excluding hydrogens is 773 g/mol. The zero-order valence-corrected chi connectivity index (χ0v) is 33.6. The van der Waals surface area contributed by atoms with Gasteiger partial charge in [-0.25, -0.2) is 4.98 Å². The summed E-state index contributed by atoms with van der Waals surface area (Å²) >= 11 is 0. The molecule has 4 aromatic heterocycles. The molecule has 63 heavy (non-hydrogen) atoms. The highest BCUT2D eigenvalue weighted by Gasteiger charge is 2.25. The van der Waals surface area contributed by atoms with E-state index < -0.39 is 0 Å². The highest BCUT2D eigenvalue weighted by atomic mass is 16.3. The molecule has 292 valence electrons. The molecule has 0 saturated heterocycles. The Morgan fingerprint density at radius 1 is 0.333 bits per heavy atom. The normalized spacial score (nSPS) is 12.1. The first kappa shape index (κ1) is 34.1. The van der Waals surface area contributed by atoms with Crippen molar-refractivity contribution in [3.63, 3.8) is 0 Å². The number of nitrogens with zero attached hydrogens (tertiary/aromatic N) is 4. The third-order valence-corrected chi connectivity index (χ3v) is 12.8. The van der Waals surface area contributed by atoms with Crippen LogP contribution < -0.4 is 0 Å². The van der Waals surface area contributed by atoms with Crippen molar-refractivity contribution < 1.29 is 8.83 Å². The summed E-state index contributed by atoms with van der Waals surface area (Å²) in [4.78, 5) is 16.2. The van der Waals surface area contributed by atoms with Crippen molar-refractivity contribution in [2.45, 2.75) is 0 Å². The molecule has 4 heterocycles. The predicted molar refractivity (Wildman–Crippen MR) is 258 cm³/mol. The Morgan fingerprint density at radius 2 is 0.905 bits per heavy atom. The van der Waals surface area contributed by atoms with Crippen LogP contribution in [0.4, 0.5) is 0 Å². The van der Waals surface area contributed by atoms with Gasteiger partial charge in [0.05, 0.1) is 11.0 Å². The maximum atomic E-state index is 6.87. The number of aromatic nitrogens is 4. The Balaban J connectivity index is 1.13. The van der Waals surface area contributed by atoms with E-state index in [0.717, 1.165) is 120 Å². The van der Waals surface area contributed by atoms with Gasteiger partial charge >= 0.3 is 0 Å². The largest absolute Gasteiger partial charge is 0.456 e. The van der Waals surface area contributed by atoms with Crippen molar-refractivity contribution in [1.82, 2.24) is 19.5 Å². The van der Waals surface area contributed by atoms with E-state index in [1.54, 1.807) is 0 Å². The Morgan fingerprint density at radius 3 is 1.73 bits per heavy atom. The molecule has 0 unspecified atom stereocenters. The average Bonchev–Trinajstić information content (AvgIpc) is 4.02. The van der Waals surface area contributed by atoms with E-state index in [1.165, 1.54) is 0 Å². The summed E-state index contributed by atoms with van der Waals surface area (Å²) in [6, 6.07) is 68.0. The van der Waals surface area contributed by atoms with Crippen LogP contribution in [0.15, 0.2) is 203 Å². The van der Waals surface area contributed by atoms with Gasteiger partial charge in [-0.15, -0.1) is 0 Å². The Kier molecular flexibility index (Phi) is 7.02. The Bertz CT molecular complexity index is 4230. The van der Waals surface area contributed by atoms with Crippen molar-refractivity contribution >= 4 is 98.0 Å². The molecule has 0 saturated carbocycles. The number of furan rings is 2. The molecule has 0 aliphatic carbocycles. The third-order valence-electron chi connectivity index (χ3n) is 12.8. The van der Waals surface area contributed by atoms with Gasteiger partial charge < -0.3 is 8.83 Å². The summed E-state index contributed by atoms with van der Waals surface area (Å²) in [5.41, 5.74) is 9.09. The minimum Gasteiger partial charge on any atom is -0.456 e. The van der Waals surface area contributed by atoms with Crippen LogP contribution in [0, 0.1) is 0 Å². The minimum absolute atomic E-state index is 0.512. The lowest BCUT2D eigenvalue weighted by atomic mass is 9.93. The van der Waals surface area contributed by atoms with Crippen LogP contribution in [-0.2, 0) is 0 Å². The lowest BCUT2D eigenvalue weighted by Crippen LogP contribution is -2.07. The first-order valence-electron chi connectivity index (χ1n) is 21.2. The highest BCUT2D eigenvalue weighted by Crippen LogP contribution is 2.46. The molecule has 0 aliphatic heterocycles. The molecule has 0 bridgehead atoms. The molecule has 6 heteroatoms. The number of hydrogen-bond donors (Lipinski definition) is 0. The SMILES string of the molecule is c1ccc2cc(-c3nc(-c4ccc5c(c4)oc4ccccc45)nc(-n4c5c(-c6c7ccccc7cc7c6oc6ccccc67)cccc5c5ccc6ccccc6c54)n3)ccc2c1. The Hall–Kier alpha value is -8.61. The fraction of sp³-hybridized carbons (Fsp3) is 0. The number of benzene rings is 10. The van der Waals surface area contributed by atoms with E-state index in [2.05, 4.69) is 174 Å². The summed E-state index contributed by atoms with van der Waals surface area (Å²) in [5.74, 6) is 1.63. The van der Waals surface area contributed by atoms with Gasteiger partial charge in [-0.3, -0.25) is 4.57 Å². The molecular formula is C57H32N4O2. The van der Waals surface area contributed by atoms with Crippen molar-refractivity contribution in [3.8, 4) is 39.9 Å². The van der Waals surface area contributed by atoms with Gasteiger partial charge in [-0.2, -0.15) is 9.97 Å². The van der Waals surface area contributed by atoms with E-state index in [4.69, 9.17) is 23.8 Å². The van der Waals surface area contributed by atoms with Crippen LogP contribution in [0.3, 0.4) is 0 Å². The summed E-state index contributed by atoms with van der Waals surface area (Å²) in [7, 11) is 0. The van der Waals surface area contributed by atoms with Gasteiger partial charge in [0.25, 0.3) is 0 Å². The fourth-order valence-electron chi connectivity index (χ4n) is 9.94. The standard InChI is InChI=1S/C57H32N4O2/c1-2-14-35-30-37(25-24-33(35)12-1)55-58-56(38-27-28-43-41-18-7-9-22-48(41)62-50(43)32-38)60-57(59-55)61-52-40-17-6-3-13-34(40)26-29-45(52)44-20-11-21-46(53(44)61)51-39-16-5-4-15-36(39)31-47-42-19-8-10-23-49(42)63-54(47)51/h1-32H. The van der Waals surface area contributed by atoms with Gasteiger partial charge in [-0.05, 0) is 63.3 Å². The second-order valence-corrected chi connectivity index (χ2v) is 16.3. The van der Waals surface area contributed by atoms with Crippen LogP contribution in [-0.4, -0.2) is 19.5 Å². The van der Waals surface area contributed by atoms with Gasteiger partial charge in [0.15, 0.2) is 11.6 Å². The van der Waals surface area contributed by atoms with Crippen LogP contribution in [0.2, 0.25) is 0 Å². The lowest BCUT2D eigenvalue weighted by molar-refractivity contribution is 0.669. The van der Waals surface area contributed by atoms with Gasteiger partial charge in [0.2, 0.25) is 5.95 Å². The van der Waals surface area contributed by atoms with Crippen LogP contribution in [0.1, 0.15) is 0 Å². The number of fused-ring (bicyclic) bond motifs is 13. The highest BCUT2D eigenvalue weighted by molar-refractivity contribution is 6.25. The summed E-state index contributed by atoms with van der Waals surface area (Å²) in [5, 5.41) is 13.2. The quantitative estimate of drug-likeness (QED) is 0.177. The molecule has 0 aliphatic rings. The van der Waals surface area contributed by atoms with E-state index in [9.17, 15) is 0 Å². The van der Waals surface area contributed by atoms with Crippen molar-refractivity contribution in [2.75, 3.05) is 0 Å². The topological polar surface area (TPSA) is 69.9 Å². The number of para-hydroxylation sites is 3. The molecule has 6 nitrogen and oxygen atoms in total. The van der Waals surface area contributed by atoms with Crippen LogP contribution >= 0.6 is 0 Å². The average molecular weight is 805 g/mol. The number of rotatable bonds is 4. The lowest BCUT2D eigenvalue weighted by Gasteiger charge is -2.15. The monoisotopic (exact) mass is 804 g/mol. The van der Waals surface area contributed by atoms with Crippen LogP contribution in [0.25, 0.3) is 138 Å². The van der Waals surface area contributed by atoms with E-state index >= 15 is 0 Å². The molecule has 0 atom stereocenters. The zero-order chi connectivity index (χ0) is 41.2. The molecule has 0 fully saturated rings. The van der Waals surface area contributed by atoms with E-state index in [-0.39, 0.29) is 0 Å². The minimum atomic E-state index is 0.512. The molecule has 14 rings (SSSR count). The van der Waals surface area contributed by atoms with Gasteiger partial charge in [-0.1, -0.05) is 158 Å². The first-order chi connectivity index (χ1) is 31.2. The van der Waals surface area contributed by atoms with E-state index in [1.807, 2.05) is 24.3 Å². The van der Waals surface area contributed by atoms with Gasteiger partial charge in [0, 0.05) is 60.0 Å². The molecule has 14 aromatic rings. The maximum Gasteiger partial charge on any atom is 0.238 e. The number of hydrogen-bond acceptors (Lipinski definition) is 5. The first-order valence-corrected chi connectivity index (χ1v) is 21.2. The molecule has 0 amide bonds. The second-order valence-electron chi connectivity index (χ2n) is 16.3. The van der Waals surface area contributed by atoms with Crippen molar-refractivity contribution in [2.24, 2.45) is 0 Å². The summed E-state index contributed by atoms with van der Waals surface area (Å²) < 4.78 is 15.6. The molecule has 0 radical (unpaired) electrons. The maximum absolute atomic E-state index is 6.87.